The zero-order valence-electron chi connectivity index (χ0n) is 9.01. The van der Waals surface area contributed by atoms with Crippen LogP contribution in [0.15, 0.2) is 22.7 Å². The summed E-state index contributed by atoms with van der Waals surface area (Å²) in [6.07, 6.45) is -6.89. The number of halogens is 5. The number of hydrogen-bond donors (Lipinski definition) is 0. The summed E-state index contributed by atoms with van der Waals surface area (Å²) in [7, 11) is 0. The predicted molar refractivity (Wildman–Crippen MR) is 58.6 cm³/mol. The van der Waals surface area contributed by atoms with Crippen molar-refractivity contribution in [3.8, 4) is 0 Å². The molecule has 2 unspecified atom stereocenters. The molecule has 1 aromatic carbocycles. The second-order valence-electron chi connectivity index (χ2n) is 3.88. The fourth-order valence-electron chi connectivity index (χ4n) is 1.42. The summed E-state index contributed by atoms with van der Waals surface area (Å²) in [5.41, 5.74) is -0.142. The Morgan fingerprint density at radius 2 is 2.11 bits per heavy atom. The van der Waals surface area contributed by atoms with Crippen molar-refractivity contribution in [3.05, 3.63) is 34.1 Å². The highest BCUT2D eigenvalue weighted by Gasteiger charge is 2.43. The molecule has 2 atom stereocenters. The van der Waals surface area contributed by atoms with Gasteiger partial charge in [0.25, 0.3) is 0 Å². The molecule has 0 N–H and O–H groups in total. The average molecular weight is 329 g/mol. The largest absolute Gasteiger partial charge is 0.418 e. The van der Waals surface area contributed by atoms with Crippen LogP contribution in [0, 0.1) is 5.82 Å². The first kappa shape index (κ1) is 13.8. The van der Waals surface area contributed by atoms with E-state index >= 15 is 0 Å². The third kappa shape index (κ3) is 3.43. The quantitative estimate of drug-likeness (QED) is 0.622. The number of rotatable bonds is 4. The highest BCUT2D eigenvalue weighted by atomic mass is 79.9. The predicted octanol–water partition coefficient (Wildman–Crippen LogP) is 3.61. The van der Waals surface area contributed by atoms with Gasteiger partial charge >= 0.3 is 6.18 Å². The van der Waals surface area contributed by atoms with Gasteiger partial charge in [0, 0.05) is 0 Å². The van der Waals surface area contributed by atoms with Crippen molar-refractivity contribution in [1.29, 1.82) is 0 Å². The fourth-order valence-corrected chi connectivity index (χ4v) is 1.82. The molecule has 0 aliphatic carbocycles. The highest BCUT2D eigenvalue weighted by Crippen LogP contribution is 2.37. The third-order valence-corrected chi connectivity index (χ3v) is 3.00. The topological polar surface area (TPSA) is 21.8 Å². The zero-order valence-corrected chi connectivity index (χ0v) is 10.6. The van der Waals surface area contributed by atoms with Crippen LogP contribution in [0.4, 0.5) is 17.6 Å². The van der Waals surface area contributed by atoms with Crippen LogP contribution < -0.4 is 0 Å². The number of alkyl halides is 3. The molecule has 1 saturated heterocycles. The molecule has 0 radical (unpaired) electrons. The normalized spacial score (nSPS) is 20.8. The summed E-state index contributed by atoms with van der Waals surface area (Å²) in [6.45, 7) is 0.289. The summed E-state index contributed by atoms with van der Waals surface area (Å²) < 4.78 is 61.1. The summed E-state index contributed by atoms with van der Waals surface area (Å²) in [6, 6.07) is 3.10. The first-order valence-electron chi connectivity index (χ1n) is 5.13. The van der Waals surface area contributed by atoms with Gasteiger partial charge in [-0.25, -0.2) is 4.39 Å². The van der Waals surface area contributed by atoms with Gasteiger partial charge in [-0.15, -0.1) is 0 Å². The van der Waals surface area contributed by atoms with Crippen LogP contribution in [0.25, 0.3) is 0 Å². The van der Waals surface area contributed by atoms with E-state index < -0.39 is 18.1 Å². The number of benzene rings is 1. The lowest BCUT2D eigenvalue weighted by molar-refractivity contribution is -0.224. The van der Waals surface area contributed by atoms with Gasteiger partial charge in [0.05, 0.1) is 17.7 Å². The molecule has 7 heteroatoms. The van der Waals surface area contributed by atoms with Gasteiger partial charge in [0.2, 0.25) is 0 Å². The van der Waals surface area contributed by atoms with Gasteiger partial charge in [0.1, 0.15) is 11.9 Å². The number of hydrogen-bond acceptors (Lipinski definition) is 2. The smallest absolute Gasteiger partial charge is 0.371 e. The van der Waals surface area contributed by atoms with E-state index in [2.05, 4.69) is 15.9 Å². The first-order chi connectivity index (χ1) is 8.38. The molecule has 1 aliphatic heterocycles. The Morgan fingerprint density at radius 3 is 2.61 bits per heavy atom. The van der Waals surface area contributed by atoms with Gasteiger partial charge in [-0.05, 0) is 33.6 Å². The fraction of sp³-hybridized carbons (Fsp3) is 0.455. The van der Waals surface area contributed by atoms with Crippen LogP contribution in [-0.4, -0.2) is 25.5 Å². The minimum atomic E-state index is -4.55. The lowest BCUT2D eigenvalue weighted by Gasteiger charge is -2.21. The minimum absolute atomic E-state index is 0.0273. The van der Waals surface area contributed by atoms with Crippen LogP contribution in [0.5, 0.6) is 0 Å². The standard InChI is InChI=1S/C11H9BrF4O2/c12-8-3-6(1-2-9(8)13)10(11(14,15)16)18-5-7-4-17-7/h1-3,7,10H,4-5H2. The van der Waals surface area contributed by atoms with Gasteiger partial charge in [-0.1, -0.05) is 6.07 Å². The summed E-state index contributed by atoms with van der Waals surface area (Å²) in [5, 5.41) is 0. The van der Waals surface area contributed by atoms with E-state index in [-0.39, 0.29) is 22.7 Å². The molecule has 0 aromatic heterocycles. The van der Waals surface area contributed by atoms with E-state index in [9.17, 15) is 17.6 Å². The van der Waals surface area contributed by atoms with E-state index in [1.165, 1.54) is 0 Å². The van der Waals surface area contributed by atoms with Crippen LogP contribution in [0.1, 0.15) is 11.7 Å². The van der Waals surface area contributed by atoms with Crippen LogP contribution in [0.3, 0.4) is 0 Å². The maximum Gasteiger partial charge on any atom is 0.418 e. The Balaban J connectivity index is 2.17. The van der Waals surface area contributed by atoms with Crippen molar-refractivity contribution in [2.24, 2.45) is 0 Å². The summed E-state index contributed by atoms with van der Waals surface area (Å²) in [4.78, 5) is 0. The summed E-state index contributed by atoms with van der Waals surface area (Å²) in [5.74, 6) is -0.620. The minimum Gasteiger partial charge on any atom is -0.371 e. The molecule has 100 valence electrons. The molecule has 1 aromatic rings. The molecule has 1 aliphatic rings. The first-order valence-corrected chi connectivity index (χ1v) is 5.92. The second-order valence-corrected chi connectivity index (χ2v) is 4.74. The number of epoxide rings is 1. The molecule has 18 heavy (non-hydrogen) atoms. The monoisotopic (exact) mass is 328 g/mol. The second kappa shape index (κ2) is 5.14. The van der Waals surface area contributed by atoms with Crippen molar-refractivity contribution in [2.45, 2.75) is 18.4 Å². The Bertz CT molecular complexity index is 432. The molecule has 2 rings (SSSR count). The van der Waals surface area contributed by atoms with Crippen molar-refractivity contribution in [2.75, 3.05) is 13.2 Å². The third-order valence-electron chi connectivity index (χ3n) is 2.39. The van der Waals surface area contributed by atoms with E-state index in [1.54, 1.807) is 0 Å². The van der Waals surface area contributed by atoms with Crippen molar-refractivity contribution in [1.82, 2.24) is 0 Å². The average Bonchev–Trinajstić information content (AvgIpc) is 3.05. The molecule has 2 nitrogen and oxygen atoms in total. The number of ether oxygens (including phenoxy) is 2. The molecule has 1 fully saturated rings. The van der Waals surface area contributed by atoms with Crippen molar-refractivity contribution < 1.29 is 27.0 Å². The van der Waals surface area contributed by atoms with Crippen molar-refractivity contribution >= 4 is 15.9 Å². The zero-order chi connectivity index (χ0) is 13.3. The highest BCUT2D eigenvalue weighted by molar-refractivity contribution is 9.10. The Kier molecular flexibility index (Phi) is 3.93. The van der Waals surface area contributed by atoms with Gasteiger partial charge < -0.3 is 9.47 Å². The van der Waals surface area contributed by atoms with Gasteiger partial charge in [-0.2, -0.15) is 13.2 Å². The van der Waals surface area contributed by atoms with Gasteiger partial charge in [0.15, 0.2) is 6.10 Å². The van der Waals surface area contributed by atoms with E-state index in [0.29, 0.717) is 6.61 Å². The lowest BCUT2D eigenvalue weighted by atomic mass is 10.1. The maximum absolute atomic E-state index is 13.0. The van der Waals surface area contributed by atoms with Crippen LogP contribution >= 0.6 is 15.9 Å². The van der Waals surface area contributed by atoms with E-state index in [0.717, 1.165) is 18.2 Å². The molecule has 0 bridgehead atoms. The van der Waals surface area contributed by atoms with Crippen LogP contribution in [0.2, 0.25) is 0 Å². The molecular formula is C11H9BrF4O2. The molecular weight excluding hydrogens is 320 g/mol. The Morgan fingerprint density at radius 1 is 1.44 bits per heavy atom. The maximum atomic E-state index is 13.0. The molecule has 0 saturated carbocycles. The Hall–Kier alpha value is -0.660. The molecule has 0 spiro atoms. The Labute approximate surface area is 109 Å². The van der Waals surface area contributed by atoms with E-state index in [1.807, 2.05) is 0 Å². The van der Waals surface area contributed by atoms with Crippen molar-refractivity contribution in [3.63, 3.8) is 0 Å². The SMILES string of the molecule is Fc1ccc(C(OCC2CO2)C(F)(F)F)cc1Br. The molecule has 0 amide bonds. The van der Waals surface area contributed by atoms with Gasteiger partial charge in [-0.3, -0.25) is 0 Å². The summed E-state index contributed by atoms with van der Waals surface area (Å²) >= 11 is 2.85. The molecule has 1 heterocycles. The van der Waals surface area contributed by atoms with E-state index in [4.69, 9.17) is 9.47 Å². The van der Waals surface area contributed by atoms with Crippen LogP contribution in [-0.2, 0) is 9.47 Å². The lowest BCUT2D eigenvalue weighted by Crippen LogP contribution is -2.25.